The highest BCUT2D eigenvalue weighted by atomic mass is 16.5. The standard InChI is InChI=1S/C18H21N3O2/c19-15-6-8-17(9-7-15)23-14-18(22)21-12-10-20(11-13-21)16-4-2-1-3-5-16/h1-9H,10-14,19H2. The molecule has 5 nitrogen and oxygen atoms in total. The summed E-state index contributed by atoms with van der Waals surface area (Å²) in [5.74, 6) is 0.685. The Kier molecular flexibility index (Phi) is 4.66. The van der Waals surface area contributed by atoms with E-state index in [0.29, 0.717) is 11.4 Å². The second-order valence-electron chi connectivity index (χ2n) is 5.56. The lowest BCUT2D eigenvalue weighted by molar-refractivity contribution is -0.133. The average Bonchev–Trinajstić information content (AvgIpc) is 2.62. The van der Waals surface area contributed by atoms with Gasteiger partial charge in [0, 0.05) is 37.6 Å². The van der Waals surface area contributed by atoms with Crippen LogP contribution in [0.5, 0.6) is 5.75 Å². The number of carbonyl (C=O) groups excluding carboxylic acids is 1. The van der Waals surface area contributed by atoms with E-state index in [4.69, 9.17) is 10.5 Å². The minimum atomic E-state index is 0.0227. The summed E-state index contributed by atoms with van der Waals surface area (Å²) in [7, 11) is 0. The van der Waals surface area contributed by atoms with E-state index in [2.05, 4.69) is 17.0 Å². The van der Waals surface area contributed by atoms with Crippen LogP contribution in [-0.2, 0) is 4.79 Å². The third-order valence-corrected chi connectivity index (χ3v) is 4.00. The molecule has 0 aromatic heterocycles. The van der Waals surface area contributed by atoms with Gasteiger partial charge < -0.3 is 20.3 Å². The van der Waals surface area contributed by atoms with E-state index in [1.807, 2.05) is 23.1 Å². The van der Waals surface area contributed by atoms with Gasteiger partial charge in [-0.25, -0.2) is 0 Å². The number of rotatable bonds is 4. The summed E-state index contributed by atoms with van der Waals surface area (Å²) in [6.45, 7) is 3.20. The summed E-state index contributed by atoms with van der Waals surface area (Å²) in [6, 6.07) is 17.4. The topological polar surface area (TPSA) is 58.8 Å². The number of hydrogen-bond acceptors (Lipinski definition) is 4. The van der Waals surface area contributed by atoms with Gasteiger partial charge in [-0.1, -0.05) is 18.2 Å². The number of nitrogens with two attached hydrogens (primary N) is 1. The number of piperazine rings is 1. The Labute approximate surface area is 136 Å². The van der Waals surface area contributed by atoms with Gasteiger partial charge in [0.1, 0.15) is 5.75 Å². The first-order valence-electron chi connectivity index (χ1n) is 7.78. The van der Waals surface area contributed by atoms with Crippen LogP contribution in [0.4, 0.5) is 11.4 Å². The van der Waals surface area contributed by atoms with Gasteiger partial charge >= 0.3 is 0 Å². The molecule has 23 heavy (non-hydrogen) atoms. The van der Waals surface area contributed by atoms with Crippen molar-refractivity contribution in [3.63, 3.8) is 0 Å². The molecular formula is C18H21N3O2. The van der Waals surface area contributed by atoms with Crippen LogP contribution in [0.25, 0.3) is 0 Å². The number of nitrogen functional groups attached to an aromatic ring is 1. The molecular weight excluding hydrogens is 290 g/mol. The third kappa shape index (κ3) is 3.94. The van der Waals surface area contributed by atoms with Gasteiger partial charge in [-0.2, -0.15) is 0 Å². The summed E-state index contributed by atoms with van der Waals surface area (Å²) in [5, 5.41) is 0. The second kappa shape index (κ2) is 7.05. The van der Waals surface area contributed by atoms with Gasteiger partial charge in [-0.05, 0) is 36.4 Å². The van der Waals surface area contributed by atoms with Crippen molar-refractivity contribution in [2.24, 2.45) is 0 Å². The fourth-order valence-corrected chi connectivity index (χ4v) is 2.65. The predicted molar refractivity (Wildman–Crippen MR) is 91.6 cm³/mol. The highest BCUT2D eigenvalue weighted by Crippen LogP contribution is 2.16. The van der Waals surface area contributed by atoms with Crippen molar-refractivity contribution < 1.29 is 9.53 Å². The first-order chi connectivity index (χ1) is 11.2. The lowest BCUT2D eigenvalue weighted by atomic mass is 10.2. The lowest BCUT2D eigenvalue weighted by Gasteiger charge is -2.36. The number of nitrogens with zero attached hydrogens (tertiary/aromatic N) is 2. The number of carbonyl (C=O) groups is 1. The van der Waals surface area contributed by atoms with Crippen LogP contribution in [0.3, 0.4) is 0 Å². The predicted octanol–water partition coefficient (Wildman–Crippen LogP) is 2.00. The van der Waals surface area contributed by atoms with Gasteiger partial charge in [0.05, 0.1) is 0 Å². The number of hydrogen-bond donors (Lipinski definition) is 1. The summed E-state index contributed by atoms with van der Waals surface area (Å²) >= 11 is 0. The fraction of sp³-hybridized carbons (Fsp3) is 0.278. The Hall–Kier alpha value is -2.69. The smallest absolute Gasteiger partial charge is 0.260 e. The molecule has 1 aliphatic rings. The monoisotopic (exact) mass is 311 g/mol. The fourth-order valence-electron chi connectivity index (χ4n) is 2.65. The molecule has 0 radical (unpaired) electrons. The molecule has 1 heterocycles. The molecule has 0 unspecified atom stereocenters. The number of benzene rings is 2. The van der Waals surface area contributed by atoms with Crippen LogP contribution in [0, 0.1) is 0 Å². The average molecular weight is 311 g/mol. The molecule has 3 rings (SSSR count). The number of amides is 1. The Morgan fingerprint density at radius 1 is 0.957 bits per heavy atom. The van der Waals surface area contributed by atoms with Crippen LogP contribution in [0.1, 0.15) is 0 Å². The number of ether oxygens (including phenoxy) is 1. The van der Waals surface area contributed by atoms with Crippen molar-refractivity contribution >= 4 is 17.3 Å². The minimum absolute atomic E-state index is 0.0227. The Morgan fingerprint density at radius 3 is 2.26 bits per heavy atom. The maximum absolute atomic E-state index is 12.2. The van der Waals surface area contributed by atoms with E-state index in [1.54, 1.807) is 24.3 Å². The molecule has 0 saturated carbocycles. The summed E-state index contributed by atoms with van der Waals surface area (Å²) in [5.41, 5.74) is 7.51. The molecule has 1 aliphatic heterocycles. The Morgan fingerprint density at radius 2 is 1.61 bits per heavy atom. The van der Waals surface area contributed by atoms with Gasteiger partial charge in [0.15, 0.2) is 6.61 Å². The summed E-state index contributed by atoms with van der Waals surface area (Å²) in [4.78, 5) is 16.4. The van der Waals surface area contributed by atoms with Crippen molar-refractivity contribution in [1.29, 1.82) is 0 Å². The Bertz CT molecular complexity index is 635. The number of anilines is 2. The van der Waals surface area contributed by atoms with Gasteiger partial charge in [-0.15, -0.1) is 0 Å². The van der Waals surface area contributed by atoms with E-state index < -0.39 is 0 Å². The van der Waals surface area contributed by atoms with Crippen LogP contribution < -0.4 is 15.4 Å². The first-order valence-corrected chi connectivity index (χ1v) is 7.78. The minimum Gasteiger partial charge on any atom is -0.484 e. The van der Waals surface area contributed by atoms with Gasteiger partial charge in [0.25, 0.3) is 5.91 Å². The molecule has 0 aliphatic carbocycles. The van der Waals surface area contributed by atoms with Crippen molar-refractivity contribution in [3.8, 4) is 5.75 Å². The van der Waals surface area contributed by atoms with Crippen LogP contribution in [-0.4, -0.2) is 43.6 Å². The lowest BCUT2D eigenvalue weighted by Crippen LogP contribution is -2.50. The van der Waals surface area contributed by atoms with E-state index in [-0.39, 0.29) is 12.5 Å². The van der Waals surface area contributed by atoms with Crippen LogP contribution >= 0.6 is 0 Å². The van der Waals surface area contributed by atoms with Crippen molar-refractivity contribution in [2.45, 2.75) is 0 Å². The molecule has 1 amide bonds. The highest BCUT2D eigenvalue weighted by molar-refractivity contribution is 5.78. The second-order valence-corrected chi connectivity index (χ2v) is 5.56. The van der Waals surface area contributed by atoms with E-state index in [1.165, 1.54) is 5.69 Å². The quantitative estimate of drug-likeness (QED) is 0.877. The third-order valence-electron chi connectivity index (χ3n) is 4.00. The maximum Gasteiger partial charge on any atom is 0.260 e. The molecule has 120 valence electrons. The van der Waals surface area contributed by atoms with E-state index in [9.17, 15) is 4.79 Å². The van der Waals surface area contributed by atoms with Crippen molar-refractivity contribution in [1.82, 2.24) is 4.90 Å². The molecule has 2 N–H and O–H groups in total. The van der Waals surface area contributed by atoms with Crippen molar-refractivity contribution in [3.05, 3.63) is 54.6 Å². The summed E-state index contributed by atoms with van der Waals surface area (Å²) < 4.78 is 5.53. The van der Waals surface area contributed by atoms with E-state index >= 15 is 0 Å². The molecule has 5 heteroatoms. The van der Waals surface area contributed by atoms with Gasteiger partial charge in [0.2, 0.25) is 0 Å². The molecule has 1 fully saturated rings. The zero-order chi connectivity index (χ0) is 16.1. The molecule has 1 saturated heterocycles. The zero-order valence-electron chi connectivity index (χ0n) is 13.0. The highest BCUT2D eigenvalue weighted by Gasteiger charge is 2.21. The largest absolute Gasteiger partial charge is 0.484 e. The summed E-state index contributed by atoms with van der Waals surface area (Å²) in [6.07, 6.45) is 0. The van der Waals surface area contributed by atoms with Gasteiger partial charge in [-0.3, -0.25) is 4.79 Å². The van der Waals surface area contributed by atoms with Crippen LogP contribution in [0.2, 0.25) is 0 Å². The molecule has 0 spiro atoms. The normalized spacial score (nSPS) is 14.6. The Balaban J connectivity index is 1.47. The molecule has 0 atom stereocenters. The number of para-hydroxylation sites is 1. The zero-order valence-corrected chi connectivity index (χ0v) is 13.0. The molecule has 2 aromatic rings. The molecule has 2 aromatic carbocycles. The van der Waals surface area contributed by atoms with Crippen LogP contribution in [0.15, 0.2) is 54.6 Å². The maximum atomic E-state index is 12.2. The van der Waals surface area contributed by atoms with Crippen molar-refractivity contribution in [2.75, 3.05) is 43.4 Å². The SMILES string of the molecule is Nc1ccc(OCC(=O)N2CCN(c3ccccc3)CC2)cc1. The molecule has 0 bridgehead atoms. The van der Waals surface area contributed by atoms with E-state index in [0.717, 1.165) is 26.2 Å². The first kappa shape index (κ1) is 15.2.